The van der Waals surface area contributed by atoms with Crippen LogP contribution in [0.3, 0.4) is 0 Å². The van der Waals surface area contributed by atoms with Gasteiger partial charge in [0.2, 0.25) is 0 Å². The average molecular weight is 242 g/mol. The molecule has 1 unspecified atom stereocenters. The zero-order valence-electron chi connectivity index (χ0n) is 9.19. The van der Waals surface area contributed by atoms with E-state index in [1.54, 1.807) is 19.4 Å². The number of carbonyl (C=O) groups excluding carboxylic acids is 1. The summed E-state index contributed by atoms with van der Waals surface area (Å²) in [5.74, 6) is -1.11. The van der Waals surface area contributed by atoms with Crippen LogP contribution >= 0.6 is 11.3 Å². The predicted molar refractivity (Wildman–Crippen MR) is 60.6 cm³/mol. The van der Waals surface area contributed by atoms with Gasteiger partial charge in [0, 0.05) is 13.0 Å². The molecule has 88 valence electrons. The number of carboxylic acids is 1. The van der Waals surface area contributed by atoms with E-state index in [9.17, 15) is 9.59 Å². The molecule has 0 spiro atoms. The highest BCUT2D eigenvalue weighted by atomic mass is 32.1. The van der Waals surface area contributed by atoms with E-state index >= 15 is 0 Å². The molecule has 0 aromatic carbocycles. The number of amides is 1. The van der Waals surface area contributed by atoms with Crippen molar-refractivity contribution in [2.45, 2.75) is 20.3 Å². The molecule has 2 N–H and O–H groups in total. The summed E-state index contributed by atoms with van der Waals surface area (Å²) in [6.07, 6.45) is 0.0575. The van der Waals surface area contributed by atoms with Gasteiger partial charge in [0.05, 0.1) is 11.2 Å². The summed E-state index contributed by atoms with van der Waals surface area (Å²) in [6.45, 7) is 3.92. The number of rotatable bonds is 5. The van der Waals surface area contributed by atoms with E-state index in [4.69, 9.17) is 5.11 Å². The molecule has 0 aliphatic rings. The summed E-state index contributed by atoms with van der Waals surface area (Å²) in [6, 6.07) is 0. The number of carboxylic acid groups (broad SMARTS) is 1. The third kappa shape index (κ3) is 3.62. The van der Waals surface area contributed by atoms with Crippen LogP contribution in [0.15, 0.2) is 5.51 Å². The van der Waals surface area contributed by atoms with Crippen LogP contribution in [0.1, 0.15) is 28.7 Å². The number of carbonyl (C=O) groups is 2. The van der Waals surface area contributed by atoms with Crippen molar-refractivity contribution < 1.29 is 14.7 Å². The molecule has 1 amide bonds. The number of nitrogens with one attached hydrogen (secondary N) is 1. The SMILES string of the molecule is Cc1ncsc1C(=O)NCC(C)CC(=O)O. The first-order valence-corrected chi connectivity index (χ1v) is 5.78. The fraction of sp³-hybridized carbons (Fsp3) is 0.500. The van der Waals surface area contributed by atoms with E-state index in [-0.39, 0.29) is 18.2 Å². The maximum Gasteiger partial charge on any atom is 0.303 e. The monoisotopic (exact) mass is 242 g/mol. The first-order chi connectivity index (χ1) is 7.50. The van der Waals surface area contributed by atoms with E-state index in [2.05, 4.69) is 10.3 Å². The molecule has 1 aromatic heterocycles. The highest BCUT2D eigenvalue weighted by molar-refractivity contribution is 7.11. The van der Waals surface area contributed by atoms with E-state index in [1.807, 2.05) is 0 Å². The number of hydrogen-bond donors (Lipinski definition) is 2. The smallest absolute Gasteiger partial charge is 0.303 e. The molecule has 0 saturated heterocycles. The number of hydrogen-bond acceptors (Lipinski definition) is 4. The van der Waals surface area contributed by atoms with Gasteiger partial charge in [0.15, 0.2) is 0 Å². The van der Waals surface area contributed by atoms with Gasteiger partial charge in [0.25, 0.3) is 5.91 Å². The van der Waals surface area contributed by atoms with Crippen molar-refractivity contribution in [3.63, 3.8) is 0 Å². The van der Waals surface area contributed by atoms with Crippen LogP contribution in [0.4, 0.5) is 0 Å². The van der Waals surface area contributed by atoms with Gasteiger partial charge in [-0.15, -0.1) is 11.3 Å². The Morgan fingerprint density at radius 3 is 2.81 bits per heavy atom. The van der Waals surface area contributed by atoms with Crippen molar-refractivity contribution in [1.29, 1.82) is 0 Å². The molecular weight excluding hydrogens is 228 g/mol. The van der Waals surface area contributed by atoms with Crippen LogP contribution in [0.5, 0.6) is 0 Å². The first-order valence-electron chi connectivity index (χ1n) is 4.90. The maximum absolute atomic E-state index is 11.6. The van der Waals surface area contributed by atoms with Crippen molar-refractivity contribution in [2.24, 2.45) is 5.92 Å². The summed E-state index contributed by atoms with van der Waals surface area (Å²) >= 11 is 1.28. The van der Waals surface area contributed by atoms with Crippen molar-refractivity contribution >= 4 is 23.2 Å². The lowest BCUT2D eigenvalue weighted by molar-refractivity contribution is -0.137. The molecule has 0 aliphatic heterocycles. The van der Waals surface area contributed by atoms with Gasteiger partial charge < -0.3 is 10.4 Å². The Hall–Kier alpha value is -1.43. The molecule has 1 atom stereocenters. The molecule has 1 aromatic rings. The van der Waals surface area contributed by atoms with Gasteiger partial charge in [-0.25, -0.2) is 4.98 Å². The molecule has 1 heterocycles. The van der Waals surface area contributed by atoms with Crippen LogP contribution < -0.4 is 5.32 Å². The largest absolute Gasteiger partial charge is 0.481 e. The molecule has 6 heteroatoms. The zero-order valence-corrected chi connectivity index (χ0v) is 10.0. The number of aryl methyl sites for hydroxylation is 1. The predicted octanol–water partition coefficient (Wildman–Crippen LogP) is 1.29. The molecule has 0 aliphatic carbocycles. The Morgan fingerprint density at radius 2 is 2.31 bits per heavy atom. The average Bonchev–Trinajstić information content (AvgIpc) is 2.60. The summed E-state index contributed by atoms with van der Waals surface area (Å²) in [5.41, 5.74) is 2.32. The lowest BCUT2D eigenvalue weighted by atomic mass is 10.1. The van der Waals surface area contributed by atoms with Gasteiger partial charge in [-0.05, 0) is 12.8 Å². The van der Waals surface area contributed by atoms with Crippen LogP contribution in [0, 0.1) is 12.8 Å². The molecule has 0 fully saturated rings. The van der Waals surface area contributed by atoms with Gasteiger partial charge in [-0.1, -0.05) is 6.92 Å². The van der Waals surface area contributed by atoms with Gasteiger partial charge in [-0.3, -0.25) is 9.59 Å². The Morgan fingerprint density at radius 1 is 1.62 bits per heavy atom. The highest BCUT2D eigenvalue weighted by Crippen LogP contribution is 2.11. The number of aromatic nitrogens is 1. The first kappa shape index (κ1) is 12.6. The molecule has 1 rings (SSSR count). The molecule has 0 saturated carbocycles. The fourth-order valence-electron chi connectivity index (χ4n) is 1.24. The Labute approximate surface area is 97.5 Å². The Bertz CT molecular complexity index is 389. The summed E-state index contributed by atoms with van der Waals surface area (Å²) < 4.78 is 0. The van der Waals surface area contributed by atoms with Crippen molar-refractivity contribution in [2.75, 3.05) is 6.54 Å². The highest BCUT2D eigenvalue weighted by Gasteiger charge is 2.13. The van der Waals surface area contributed by atoms with Crippen LogP contribution in [0.2, 0.25) is 0 Å². The lowest BCUT2D eigenvalue weighted by Gasteiger charge is -2.09. The second kappa shape index (κ2) is 5.60. The molecule has 0 radical (unpaired) electrons. The lowest BCUT2D eigenvalue weighted by Crippen LogP contribution is -2.29. The normalized spacial score (nSPS) is 12.1. The topological polar surface area (TPSA) is 79.3 Å². The quantitative estimate of drug-likeness (QED) is 0.815. The minimum atomic E-state index is -0.851. The van der Waals surface area contributed by atoms with Crippen molar-refractivity contribution in [3.8, 4) is 0 Å². The third-order valence-corrected chi connectivity index (χ3v) is 3.01. The molecule has 0 bridgehead atoms. The van der Waals surface area contributed by atoms with E-state index in [1.165, 1.54) is 11.3 Å². The van der Waals surface area contributed by atoms with Crippen molar-refractivity contribution in [1.82, 2.24) is 10.3 Å². The number of nitrogens with zero attached hydrogens (tertiary/aromatic N) is 1. The summed E-state index contributed by atoms with van der Waals surface area (Å²) in [5, 5.41) is 11.3. The molecule has 5 nitrogen and oxygen atoms in total. The van der Waals surface area contributed by atoms with Gasteiger partial charge in [-0.2, -0.15) is 0 Å². The van der Waals surface area contributed by atoms with Crippen molar-refractivity contribution in [3.05, 3.63) is 16.1 Å². The van der Waals surface area contributed by atoms with E-state index in [0.717, 1.165) is 0 Å². The fourth-order valence-corrected chi connectivity index (χ4v) is 1.96. The van der Waals surface area contributed by atoms with Crippen LogP contribution in [-0.2, 0) is 4.79 Å². The van der Waals surface area contributed by atoms with Crippen LogP contribution in [-0.4, -0.2) is 28.5 Å². The number of aliphatic carboxylic acids is 1. The van der Waals surface area contributed by atoms with E-state index in [0.29, 0.717) is 17.1 Å². The standard InChI is InChI=1S/C10H14N2O3S/c1-6(3-8(13)14)4-11-10(15)9-7(2)12-5-16-9/h5-6H,3-4H2,1-2H3,(H,11,15)(H,13,14). The maximum atomic E-state index is 11.6. The zero-order chi connectivity index (χ0) is 12.1. The van der Waals surface area contributed by atoms with Crippen LogP contribution in [0.25, 0.3) is 0 Å². The second-order valence-electron chi connectivity index (χ2n) is 3.68. The summed E-state index contributed by atoms with van der Waals surface area (Å²) in [7, 11) is 0. The minimum Gasteiger partial charge on any atom is -0.481 e. The van der Waals surface area contributed by atoms with E-state index < -0.39 is 5.97 Å². The molecular formula is C10H14N2O3S. The Kier molecular flexibility index (Phi) is 4.42. The summed E-state index contributed by atoms with van der Waals surface area (Å²) in [4.78, 5) is 26.6. The number of thiazole rings is 1. The molecule has 16 heavy (non-hydrogen) atoms. The third-order valence-electron chi connectivity index (χ3n) is 2.09. The Balaban J connectivity index is 2.42. The van der Waals surface area contributed by atoms with Gasteiger partial charge >= 0.3 is 5.97 Å². The minimum absolute atomic E-state index is 0.0575. The van der Waals surface area contributed by atoms with Gasteiger partial charge in [0.1, 0.15) is 4.88 Å². The second-order valence-corrected chi connectivity index (χ2v) is 4.53.